The van der Waals surface area contributed by atoms with Crippen LogP contribution in [0.5, 0.6) is 5.75 Å². The van der Waals surface area contributed by atoms with E-state index in [0.29, 0.717) is 12.8 Å². The molecule has 3 heteroatoms. The number of benzene rings is 1. The molecule has 0 radical (unpaired) electrons. The van der Waals surface area contributed by atoms with Gasteiger partial charge in [-0.3, -0.25) is 4.79 Å². The summed E-state index contributed by atoms with van der Waals surface area (Å²) in [6.45, 7) is 3.54. The van der Waals surface area contributed by atoms with Crippen molar-refractivity contribution in [1.29, 1.82) is 0 Å². The lowest BCUT2D eigenvalue weighted by molar-refractivity contribution is -0.120. The maximum atomic E-state index is 12.3. The summed E-state index contributed by atoms with van der Waals surface area (Å²) in [6.07, 6.45) is 5.41. The molecule has 0 spiro atoms. The van der Waals surface area contributed by atoms with Crippen molar-refractivity contribution in [2.24, 2.45) is 0 Å². The van der Waals surface area contributed by atoms with Crippen molar-refractivity contribution in [3.8, 4) is 5.75 Å². The van der Waals surface area contributed by atoms with Crippen LogP contribution < -0.4 is 4.74 Å². The number of fused-ring (bicyclic) bond motifs is 1. The lowest BCUT2D eigenvalue weighted by Crippen LogP contribution is -2.34. The van der Waals surface area contributed by atoms with Crippen LogP contribution in [-0.4, -0.2) is 18.7 Å². The van der Waals surface area contributed by atoms with Gasteiger partial charge in [-0.05, 0) is 56.0 Å². The molecule has 0 fully saturated rings. The average molecular weight is 272 g/mol. The average Bonchev–Trinajstić information content (AvgIpc) is 2.42. The van der Waals surface area contributed by atoms with Crippen molar-refractivity contribution < 1.29 is 14.3 Å². The third-order valence-electron chi connectivity index (χ3n) is 4.02. The van der Waals surface area contributed by atoms with E-state index in [1.165, 1.54) is 0 Å². The molecule has 1 atom stereocenters. The summed E-state index contributed by atoms with van der Waals surface area (Å²) in [4.78, 5) is 23.4. The third-order valence-corrected chi connectivity index (χ3v) is 4.02. The van der Waals surface area contributed by atoms with Gasteiger partial charge in [0.2, 0.25) is 0 Å². The van der Waals surface area contributed by atoms with E-state index < -0.39 is 5.41 Å². The summed E-state index contributed by atoms with van der Waals surface area (Å²) in [5, 5.41) is 0. The predicted octanol–water partition coefficient (Wildman–Crippen LogP) is 3.31. The van der Waals surface area contributed by atoms with Crippen LogP contribution in [0.25, 0.3) is 6.08 Å². The Hall–Kier alpha value is -1.90. The highest BCUT2D eigenvalue weighted by Crippen LogP contribution is 2.39. The van der Waals surface area contributed by atoms with E-state index in [1.807, 2.05) is 31.2 Å². The molecule has 0 aromatic heterocycles. The molecule has 2 rings (SSSR count). The molecule has 1 unspecified atom stereocenters. The number of methoxy groups -OCH3 is 1. The molecule has 0 saturated heterocycles. The minimum absolute atomic E-state index is 0.0989. The zero-order valence-electron chi connectivity index (χ0n) is 12.2. The van der Waals surface area contributed by atoms with Gasteiger partial charge in [0.25, 0.3) is 0 Å². The fourth-order valence-corrected chi connectivity index (χ4v) is 2.72. The number of Topliss-reactive ketones (excluding diaryl/α,β-unsaturated/α-hetero) is 1. The first-order valence-electron chi connectivity index (χ1n) is 6.88. The number of ketones is 2. The van der Waals surface area contributed by atoms with E-state index in [9.17, 15) is 9.59 Å². The number of ether oxygens (including phenoxy) is 1. The second-order valence-corrected chi connectivity index (χ2v) is 5.54. The largest absolute Gasteiger partial charge is 0.497 e. The highest BCUT2D eigenvalue weighted by Gasteiger charge is 2.37. The molecule has 0 saturated carbocycles. The Morgan fingerprint density at radius 1 is 1.30 bits per heavy atom. The number of hydrogen-bond acceptors (Lipinski definition) is 3. The standard InChI is InChI=1S/C17H20O3/c1-12(18)5-4-10-17(2)15-11-14(20-3)8-6-13(15)7-9-16(17)19/h6-9,11H,4-5,10H2,1-3H3. The number of rotatable bonds is 5. The van der Waals surface area contributed by atoms with Gasteiger partial charge in [0, 0.05) is 6.42 Å². The molecule has 1 aromatic carbocycles. The molecule has 20 heavy (non-hydrogen) atoms. The zero-order valence-corrected chi connectivity index (χ0v) is 12.2. The topological polar surface area (TPSA) is 43.4 Å². The van der Waals surface area contributed by atoms with Gasteiger partial charge >= 0.3 is 0 Å². The van der Waals surface area contributed by atoms with E-state index in [-0.39, 0.29) is 11.6 Å². The molecular formula is C17H20O3. The van der Waals surface area contributed by atoms with E-state index in [0.717, 1.165) is 23.3 Å². The smallest absolute Gasteiger partial charge is 0.165 e. The Kier molecular flexibility index (Phi) is 4.07. The molecule has 0 bridgehead atoms. The van der Waals surface area contributed by atoms with Gasteiger partial charge in [-0.25, -0.2) is 0 Å². The van der Waals surface area contributed by atoms with Crippen LogP contribution >= 0.6 is 0 Å². The fourth-order valence-electron chi connectivity index (χ4n) is 2.72. The molecular weight excluding hydrogens is 252 g/mol. The molecule has 1 aromatic rings. The SMILES string of the molecule is COc1ccc2c(c1)C(C)(CCCC(C)=O)C(=O)C=C2. The minimum Gasteiger partial charge on any atom is -0.497 e. The second-order valence-electron chi connectivity index (χ2n) is 5.54. The summed E-state index contributed by atoms with van der Waals surface area (Å²) < 4.78 is 5.26. The molecule has 0 aliphatic heterocycles. The van der Waals surface area contributed by atoms with Crippen LogP contribution in [0.15, 0.2) is 24.3 Å². The van der Waals surface area contributed by atoms with Gasteiger partial charge in [-0.15, -0.1) is 0 Å². The van der Waals surface area contributed by atoms with Crippen molar-refractivity contribution in [2.75, 3.05) is 7.11 Å². The molecule has 0 amide bonds. The van der Waals surface area contributed by atoms with Gasteiger partial charge in [0.1, 0.15) is 11.5 Å². The first-order chi connectivity index (χ1) is 9.47. The van der Waals surface area contributed by atoms with Crippen molar-refractivity contribution in [3.05, 3.63) is 35.4 Å². The molecule has 0 heterocycles. The van der Waals surface area contributed by atoms with Gasteiger partial charge in [-0.1, -0.05) is 12.1 Å². The summed E-state index contributed by atoms with van der Waals surface area (Å²) in [5.74, 6) is 1.02. The van der Waals surface area contributed by atoms with Gasteiger partial charge in [-0.2, -0.15) is 0 Å². The van der Waals surface area contributed by atoms with Crippen LogP contribution in [0.3, 0.4) is 0 Å². The van der Waals surface area contributed by atoms with Crippen LogP contribution in [0.2, 0.25) is 0 Å². The molecule has 0 N–H and O–H groups in total. The number of carbonyl (C=O) groups is 2. The van der Waals surface area contributed by atoms with Crippen molar-refractivity contribution >= 4 is 17.6 Å². The normalized spacial score (nSPS) is 20.6. The first kappa shape index (κ1) is 14.5. The maximum absolute atomic E-state index is 12.3. The Bertz CT molecular complexity index is 572. The van der Waals surface area contributed by atoms with Crippen LogP contribution in [0.4, 0.5) is 0 Å². The fraction of sp³-hybridized carbons (Fsp3) is 0.412. The Morgan fingerprint density at radius 2 is 2.05 bits per heavy atom. The number of hydrogen-bond donors (Lipinski definition) is 0. The number of carbonyl (C=O) groups excluding carboxylic acids is 2. The highest BCUT2D eigenvalue weighted by atomic mass is 16.5. The first-order valence-corrected chi connectivity index (χ1v) is 6.88. The van der Waals surface area contributed by atoms with Gasteiger partial charge in [0.05, 0.1) is 12.5 Å². The lowest BCUT2D eigenvalue weighted by Gasteiger charge is -2.32. The monoisotopic (exact) mass is 272 g/mol. The van der Waals surface area contributed by atoms with Crippen LogP contribution in [-0.2, 0) is 15.0 Å². The van der Waals surface area contributed by atoms with Crippen molar-refractivity contribution in [1.82, 2.24) is 0 Å². The van der Waals surface area contributed by atoms with Crippen molar-refractivity contribution in [2.45, 2.75) is 38.5 Å². The van der Waals surface area contributed by atoms with Gasteiger partial charge < -0.3 is 9.53 Å². The Balaban J connectivity index is 2.34. The zero-order chi connectivity index (χ0) is 14.8. The van der Waals surface area contributed by atoms with Crippen LogP contribution in [0.1, 0.15) is 44.2 Å². The quantitative estimate of drug-likeness (QED) is 0.826. The van der Waals surface area contributed by atoms with E-state index in [1.54, 1.807) is 20.1 Å². The maximum Gasteiger partial charge on any atom is 0.165 e. The number of allylic oxidation sites excluding steroid dienone is 1. The molecule has 1 aliphatic rings. The van der Waals surface area contributed by atoms with E-state index >= 15 is 0 Å². The summed E-state index contributed by atoms with van der Waals surface area (Å²) >= 11 is 0. The van der Waals surface area contributed by atoms with E-state index in [4.69, 9.17) is 4.74 Å². The van der Waals surface area contributed by atoms with E-state index in [2.05, 4.69) is 0 Å². The lowest BCUT2D eigenvalue weighted by atomic mass is 9.70. The molecule has 1 aliphatic carbocycles. The van der Waals surface area contributed by atoms with Gasteiger partial charge in [0.15, 0.2) is 5.78 Å². The highest BCUT2D eigenvalue weighted by molar-refractivity contribution is 6.04. The van der Waals surface area contributed by atoms with Crippen molar-refractivity contribution in [3.63, 3.8) is 0 Å². The predicted molar refractivity (Wildman–Crippen MR) is 78.9 cm³/mol. The second kappa shape index (κ2) is 5.61. The Labute approximate surface area is 119 Å². The minimum atomic E-state index is -0.561. The summed E-state index contributed by atoms with van der Waals surface area (Å²) in [7, 11) is 1.62. The molecule has 106 valence electrons. The Morgan fingerprint density at radius 3 is 2.70 bits per heavy atom. The third kappa shape index (κ3) is 2.67. The summed E-state index contributed by atoms with van der Waals surface area (Å²) in [5.41, 5.74) is 1.48. The molecule has 3 nitrogen and oxygen atoms in total. The van der Waals surface area contributed by atoms with Crippen LogP contribution in [0, 0.1) is 0 Å². The summed E-state index contributed by atoms with van der Waals surface area (Å²) in [6, 6.07) is 5.81.